The molecular formula is C23H23NO4S. The number of benzene rings is 2. The van der Waals surface area contributed by atoms with Crippen molar-refractivity contribution in [1.82, 2.24) is 0 Å². The van der Waals surface area contributed by atoms with Crippen molar-refractivity contribution >= 4 is 28.9 Å². The summed E-state index contributed by atoms with van der Waals surface area (Å²) in [5.74, 6) is 0.386. The van der Waals surface area contributed by atoms with E-state index in [4.69, 9.17) is 9.47 Å². The number of rotatable bonds is 6. The maximum Gasteiger partial charge on any atom is 0.353 e. The number of hydrogen-bond donors (Lipinski definition) is 1. The van der Waals surface area contributed by atoms with Crippen LogP contribution in [-0.2, 0) is 10.2 Å². The highest BCUT2D eigenvalue weighted by molar-refractivity contribution is 7.12. The van der Waals surface area contributed by atoms with E-state index in [9.17, 15) is 9.59 Å². The number of carbonyl (C=O) groups is 2. The second-order valence-electron chi connectivity index (χ2n) is 7.50. The fourth-order valence-electron chi connectivity index (χ4n) is 2.56. The van der Waals surface area contributed by atoms with Gasteiger partial charge in [-0.1, -0.05) is 39.0 Å². The van der Waals surface area contributed by atoms with Crippen molar-refractivity contribution in [3.05, 3.63) is 76.5 Å². The van der Waals surface area contributed by atoms with Crippen LogP contribution in [0, 0.1) is 0 Å². The summed E-state index contributed by atoms with van der Waals surface area (Å²) in [6.07, 6.45) is 0. The first-order valence-electron chi connectivity index (χ1n) is 9.20. The van der Waals surface area contributed by atoms with Crippen LogP contribution >= 0.6 is 11.3 Å². The number of ether oxygens (including phenoxy) is 2. The van der Waals surface area contributed by atoms with E-state index in [0.717, 1.165) is 0 Å². The molecule has 3 aromatic rings. The predicted molar refractivity (Wildman–Crippen MR) is 115 cm³/mol. The predicted octanol–water partition coefficient (Wildman–Crippen LogP) is 5.28. The average Bonchev–Trinajstić information content (AvgIpc) is 3.22. The molecule has 0 aliphatic rings. The van der Waals surface area contributed by atoms with Gasteiger partial charge in [-0.3, -0.25) is 4.79 Å². The number of carbonyl (C=O) groups excluding carboxylic acids is 2. The molecule has 0 saturated carbocycles. The number of nitrogens with one attached hydrogen (secondary N) is 1. The smallest absolute Gasteiger partial charge is 0.353 e. The van der Waals surface area contributed by atoms with Crippen LogP contribution in [0.15, 0.2) is 66.0 Å². The third-order valence-corrected chi connectivity index (χ3v) is 5.01. The minimum atomic E-state index is -0.400. The van der Waals surface area contributed by atoms with E-state index >= 15 is 0 Å². The summed E-state index contributed by atoms with van der Waals surface area (Å²) >= 11 is 1.32. The SMILES string of the molecule is CC(C)(C)c1ccc(OCC(=O)Nc2ccc(OC(=O)c3cccs3)cc2)cc1. The van der Waals surface area contributed by atoms with Gasteiger partial charge in [0.15, 0.2) is 6.61 Å². The molecule has 0 radical (unpaired) electrons. The van der Waals surface area contributed by atoms with Crippen LogP contribution in [0.1, 0.15) is 36.0 Å². The normalized spacial score (nSPS) is 11.0. The zero-order valence-corrected chi connectivity index (χ0v) is 17.4. The molecule has 29 heavy (non-hydrogen) atoms. The van der Waals surface area contributed by atoms with Crippen molar-refractivity contribution in [3.8, 4) is 11.5 Å². The molecule has 0 saturated heterocycles. The first kappa shape index (κ1) is 20.6. The Hall–Kier alpha value is -3.12. The van der Waals surface area contributed by atoms with Gasteiger partial charge in [0.1, 0.15) is 16.4 Å². The maximum atomic E-state index is 12.1. The fourth-order valence-corrected chi connectivity index (χ4v) is 3.15. The Labute approximate surface area is 174 Å². The highest BCUT2D eigenvalue weighted by atomic mass is 32.1. The molecule has 6 heteroatoms. The summed E-state index contributed by atoms with van der Waals surface area (Å²) < 4.78 is 10.8. The molecule has 0 spiro atoms. The van der Waals surface area contributed by atoms with E-state index in [2.05, 4.69) is 26.1 Å². The third-order valence-electron chi connectivity index (χ3n) is 4.16. The van der Waals surface area contributed by atoms with Gasteiger partial charge in [0.2, 0.25) is 0 Å². The number of amides is 1. The lowest BCUT2D eigenvalue weighted by Crippen LogP contribution is -2.20. The molecule has 3 rings (SSSR count). The highest BCUT2D eigenvalue weighted by Gasteiger charge is 2.13. The second kappa shape index (κ2) is 8.92. The Balaban J connectivity index is 1.48. The van der Waals surface area contributed by atoms with Crippen LogP contribution in [0.3, 0.4) is 0 Å². The number of hydrogen-bond acceptors (Lipinski definition) is 5. The van der Waals surface area contributed by atoms with Gasteiger partial charge < -0.3 is 14.8 Å². The van der Waals surface area contributed by atoms with Crippen LogP contribution in [0.25, 0.3) is 0 Å². The largest absolute Gasteiger partial charge is 0.484 e. The van der Waals surface area contributed by atoms with E-state index in [0.29, 0.717) is 22.1 Å². The molecule has 1 aromatic heterocycles. The number of thiophene rings is 1. The molecule has 1 amide bonds. The van der Waals surface area contributed by atoms with Gasteiger partial charge in [-0.05, 0) is 58.8 Å². The zero-order chi connectivity index (χ0) is 20.9. The summed E-state index contributed by atoms with van der Waals surface area (Å²) in [6, 6.07) is 17.8. The van der Waals surface area contributed by atoms with Crippen molar-refractivity contribution < 1.29 is 19.1 Å². The lowest BCUT2D eigenvalue weighted by Gasteiger charge is -2.19. The van der Waals surface area contributed by atoms with Gasteiger partial charge in [-0.2, -0.15) is 0 Å². The lowest BCUT2D eigenvalue weighted by molar-refractivity contribution is -0.118. The second-order valence-corrected chi connectivity index (χ2v) is 8.45. The van der Waals surface area contributed by atoms with Crippen molar-refractivity contribution in [1.29, 1.82) is 0 Å². The van der Waals surface area contributed by atoms with Crippen LogP contribution < -0.4 is 14.8 Å². The molecule has 0 unspecified atom stereocenters. The van der Waals surface area contributed by atoms with Gasteiger partial charge in [0, 0.05) is 5.69 Å². The molecule has 1 N–H and O–H groups in total. The molecular weight excluding hydrogens is 386 g/mol. The Morgan fingerprint density at radius 3 is 2.17 bits per heavy atom. The molecule has 2 aromatic carbocycles. The van der Waals surface area contributed by atoms with Gasteiger partial charge in [0.05, 0.1) is 0 Å². The Morgan fingerprint density at radius 2 is 1.59 bits per heavy atom. The first-order valence-corrected chi connectivity index (χ1v) is 10.1. The maximum absolute atomic E-state index is 12.1. The van der Waals surface area contributed by atoms with Crippen molar-refractivity contribution in [2.75, 3.05) is 11.9 Å². The van der Waals surface area contributed by atoms with Gasteiger partial charge in [-0.25, -0.2) is 4.79 Å². The molecule has 150 valence electrons. The standard InChI is InChI=1S/C23H23NO4S/c1-23(2,3)16-6-10-18(11-7-16)27-15-21(25)24-17-8-12-19(13-9-17)28-22(26)20-5-4-14-29-20/h4-14H,15H2,1-3H3,(H,24,25). The van der Waals surface area contributed by atoms with Crippen LogP contribution in [0.4, 0.5) is 5.69 Å². The van der Waals surface area contributed by atoms with Gasteiger partial charge in [-0.15, -0.1) is 11.3 Å². The highest BCUT2D eigenvalue weighted by Crippen LogP contribution is 2.24. The topological polar surface area (TPSA) is 64.6 Å². The monoisotopic (exact) mass is 409 g/mol. The zero-order valence-electron chi connectivity index (χ0n) is 16.6. The molecule has 0 fully saturated rings. The van der Waals surface area contributed by atoms with Crippen LogP contribution in [-0.4, -0.2) is 18.5 Å². The van der Waals surface area contributed by atoms with E-state index in [1.807, 2.05) is 29.6 Å². The summed E-state index contributed by atoms with van der Waals surface area (Å²) in [5.41, 5.74) is 1.87. The van der Waals surface area contributed by atoms with Crippen LogP contribution in [0.2, 0.25) is 0 Å². The molecule has 0 bridgehead atoms. The quantitative estimate of drug-likeness (QED) is 0.444. The minimum Gasteiger partial charge on any atom is -0.484 e. The summed E-state index contributed by atoms with van der Waals surface area (Å²) in [4.78, 5) is 24.6. The van der Waals surface area contributed by atoms with E-state index in [-0.39, 0.29) is 17.9 Å². The van der Waals surface area contributed by atoms with Gasteiger partial charge >= 0.3 is 5.97 Å². The third kappa shape index (κ3) is 5.93. The summed E-state index contributed by atoms with van der Waals surface area (Å²) in [7, 11) is 0. The van der Waals surface area contributed by atoms with Crippen LogP contribution in [0.5, 0.6) is 11.5 Å². The summed E-state index contributed by atoms with van der Waals surface area (Å²) in [6.45, 7) is 6.34. The molecule has 1 heterocycles. The minimum absolute atomic E-state index is 0.0696. The summed E-state index contributed by atoms with van der Waals surface area (Å²) in [5, 5.41) is 4.57. The fraction of sp³-hybridized carbons (Fsp3) is 0.217. The molecule has 0 aliphatic carbocycles. The van der Waals surface area contributed by atoms with E-state index < -0.39 is 5.97 Å². The Morgan fingerprint density at radius 1 is 0.931 bits per heavy atom. The van der Waals surface area contributed by atoms with Crippen molar-refractivity contribution in [3.63, 3.8) is 0 Å². The molecule has 0 aliphatic heterocycles. The average molecular weight is 410 g/mol. The van der Waals surface area contributed by atoms with Gasteiger partial charge in [0.25, 0.3) is 5.91 Å². The lowest BCUT2D eigenvalue weighted by atomic mass is 9.87. The Bertz CT molecular complexity index is 956. The molecule has 5 nitrogen and oxygen atoms in total. The van der Waals surface area contributed by atoms with Crippen molar-refractivity contribution in [2.24, 2.45) is 0 Å². The van der Waals surface area contributed by atoms with E-state index in [1.165, 1.54) is 16.9 Å². The van der Waals surface area contributed by atoms with Crippen molar-refractivity contribution in [2.45, 2.75) is 26.2 Å². The van der Waals surface area contributed by atoms with E-state index in [1.54, 1.807) is 36.4 Å². The first-order chi connectivity index (χ1) is 13.8. The molecule has 0 atom stereocenters. The number of anilines is 1. The Kier molecular flexibility index (Phi) is 6.34. The number of esters is 1.